The summed E-state index contributed by atoms with van der Waals surface area (Å²) in [5.74, 6) is 0.625. The molecular weight excluding hydrogens is 278 g/mol. The van der Waals surface area contributed by atoms with E-state index in [2.05, 4.69) is 16.1 Å². The predicted molar refractivity (Wildman–Crippen MR) is 78.3 cm³/mol. The molecule has 0 aliphatic carbocycles. The molecule has 0 aliphatic rings. The van der Waals surface area contributed by atoms with Gasteiger partial charge in [0.1, 0.15) is 11.8 Å². The Balaban J connectivity index is 2.86. The van der Waals surface area contributed by atoms with Crippen LogP contribution < -0.4 is 14.8 Å². The number of nitriles is 1. The van der Waals surface area contributed by atoms with Gasteiger partial charge in [0.15, 0.2) is 0 Å². The number of hydrogen-bond acceptors (Lipinski definition) is 5. The molecule has 0 spiro atoms. The molecule has 1 aromatic carbocycles. The van der Waals surface area contributed by atoms with Crippen LogP contribution in [-0.2, 0) is 10.0 Å². The lowest BCUT2D eigenvalue weighted by atomic mass is 10.1. The minimum atomic E-state index is -3.29. The normalized spacial score (nSPS) is 11.8. The zero-order valence-corrected chi connectivity index (χ0v) is 12.8. The number of nitrogens with zero attached hydrogens (tertiary/aromatic N) is 1. The van der Waals surface area contributed by atoms with E-state index in [0.29, 0.717) is 23.5 Å². The van der Waals surface area contributed by atoms with Crippen molar-refractivity contribution in [1.29, 1.82) is 5.26 Å². The van der Waals surface area contributed by atoms with Gasteiger partial charge in [-0.05, 0) is 26.0 Å². The molecule has 1 rings (SSSR count). The van der Waals surface area contributed by atoms with Crippen LogP contribution >= 0.6 is 0 Å². The second-order valence-electron chi connectivity index (χ2n) is 5.13. The Kier molecular flexibility index (Phi) is 4.98. The van der Waals surface area contributed by atoms with Crippen molar-refractivity contribution in [2.24, 2.45) is 0 Å². The highest BCUT2D eigenvalue weighted by molar-refractivity contribution is 7.88. The zero-order chi connectivity index (χ0) is 15.4. The van der Waals surface area contributed by atoms with Gasteiger partial charge in [-0.15, -0.1) is 0 Å². The van der Waals surface area contributed by atoms with Gasteiger partial charge in [0.2, 0.25) is 10.0 Å². The fourth-order valence-corrected chi connectivity index (χ4v) is 2.82. The van der Waals surface area contributed by atoms with E-state index in [1.165, 1.54) is 0 Å². The summed E-state index contributed by atoms with van der Waals surface area (Å²) in [6.45, 7) is 3.85. The summed E-state index contributed by atoms with van der Waals surface area (Å²) >= 11 is 0. The average Bonchev–Trinajstić information content (AvgIpc) is 2.33. The van der Waals surface area contributed by atoms with Crippen molar-refractivity contribution in [3.8, 4) is 11.8 Å². The molecule has 0 saturated heterocycles. The molecule has 0 radical (unpaired) electrons. The van der Waals surface area contributed by atoms with Gasteiger partial charge in [-0.25, -0.2) is 13.1 Å². The highest BCUT2D eigenvalue weighted by atomic mass is 32.2. The number of benzene rings is 1. The molecule has 1 aromatic rings. The van der Waals surface area contributed by atoms with E-state index in [9.17, 15) is 8.42 Å². The van der Waals surface area contributed by atoms with Gasteiger partial charge < -0.3 is 10.1 Å². The number of sulfonamides is 1. The number of hydrogen-bond donors (Lipinski definition) is 2. The first-order valence-corrected chi connectivity index (χ1v) is 7.87. The van der Waals surface area contributed by atoms with E-state index in [0.717, 1.165) is 6.26 Å². The lowest BCUT2D eigenvalue weighted by molar-refractivity contribution is 0.415. The van der Waals surface area contributed by atoms with Gasteiger partial charge in [-0.2, -0.15) is 5.26 Å². The standard InChI is InChI=1S/C13H19N3O3S/c1-13(2,16-20(4,17)18)9-15-12-7-11(19-3)6-5-10(12)8-14/h5-7,15-16H,9H2,1-4H3. The molecule has 0 bridgehead atoms. The Morgan fingerprint density at radius 3 is 2.55 bits per heavy atom. The van der Waals surface area contributed by atoms with Crippen LogP contribution in [0, 0.1) is 11.3 Å². The Morgan fingerprint density at radius 1 is 1.40 bits per heavy atom. The average molecular weight is 297 g/mol. The molecule has 7 heteroatoms. The quantitative estimate of drug-likeness (QED) is 0.826. The van der Waals surface area contributed by atoms with Gasteiger partial charge in [0.05, 0.1) is 24.6 Å². The van der Waals surface area contributed by atoms with Crippen molar-refractivity contribution in [3.05, 3.63) is 23.8 Å². The Bertz CT molecular complexity index is 618. The van der Waals surface area contributed by atoms with Crippen molar-refractivity contribution in [2.45, 2.75) is 19.4 Å². The van der Waals surface area contributed by atoms with Crippen molar-refractivity contribution in [2.75, 3.05) is 25.2 Å². The first-order valence-electron chi connectivity index (χ1n) is 5.98. The van der Waals surface area contributed by atoms with E-state index in [-0.39, 0.29) is 0 Å². The fraction of sp³-hybridized carbons (Fsp3) is 0.462. The third-order valence-electron chi connectivity index (χ3n) is 2.53. The molecule has 0 fully saturated rings. The topological polar surface area (TPSA) is 91.2 Å². The number of methoxy groups -OCH3 is 1. The molecule has 0 saturated carbocycles. The molecule has 6 nitrogen and oxygen atoms in total. The van der Waals surface area contributed by atoms with E-state index in [1.807, 2.05) is 0 Å². The second-order valence-corrected chi connectivity index (χ2v) is 6.88. The predicted octanol–water partition coefficient (Wildman–Crippen LogP) is 1.31. The molecule has 0 unspecified atom stereocenters. The van der Waals surface area contributed by atoms with Crippen molar-refractivity contribution in [1.82, 2.24) is 4.72 Å². The lowest BCUT2D eigenvalue weighted by Gasteiger charge is -2.26. The summed E-state index contributed by atoms with van der Waals surface area (Å²) in [6, 6.07) is 7.13. The highest BCUT2D eigenvalue weighted by Crippen LogP contribution is 2.22. The van der Waals surface area contributed by atoms with E-state index in [1.54, 1.807) is 39.2 Å². The largest absolute Gasteiger partial charge is 0.497 e. The third kappa shape index (κ3) is 5.07. The van der Waals surface area contributed by atoms with Crippen LogP contribution in [0.5, 0.6) is 5.75 Å². The van der Waals surface area contributed by atoms with E-state index < -0.39 is 15.6 Å². The van der Waals surface area contributed by atoms with Gasteiger partial charge in [-0.1, -0.05) is 0 Å². The van der Waals surface area contributed by atoms with Gasteiger partial charge in [0.25, 0.3) is 0 Å². The SMILES string of the molecule is COc1ccc(C#N)c(NCC(C)(C)NS(C)(=O)=O)c1. The van der Waals surface area contributed by atoms with Crippen LogP contribution in [0.1, 0.15) is 19.4 Å². The van der Waals surface area contributed by atoms with Crippen LogP contribution in [0.25, 0.3) is 0 Å². The van der Waals surface area contributed by atoms with Crippen molar-refractivity contribution in [3.63, 3.8) is 0 Å². The van der Waals surface area contributed by atoms with Gasteiger partial charge in [0, 0.05) is 18.2 Å². The van der Waals surface area contributed by atoms with E-state index in [4.69, 9.17) is 10.00 Å². The minimum Gasteiger partial charge on any atom is -0.497 e. The smallest absolute Gasteiger partial charge is 0.209 e. The van der Waals surface area contributed by atoms with Crippen LogP contribution in [0.15, 0.2) is 18.2 Å². The van der Waals surface area contributed by atoms with Crippen LogP contribution in [0.3, 0.4) is 0 Å². The Morgan fingerprint density at radius 2 is 2.05 bits per heavy atom. The maximum Gasteiger partial charge on any atom is 0.209 e. The number of anilines is 1. The summed E-state index contributed by atoms with van der Waals surface area (Å²) in [5, 5.41) is 12.1. The van der Waals surface area contributed by atoms with Gasteiger partial charge >= 0.3 is 0 Å². The maximum atomic E-state index is 11.3. The molecule has 0 heterocycles. The Hall–Kier alpha value is -1.78. The third-order valence-corrected chi connectivity index (χ3v) is 3.45. The first-order chi connectivity index (χ1) is 9.17. The maximum absolute atomic E-state index is 11.3. The lowest BCUT2D eigenvalue weighted by Crippen LogP contribution is -2.47. The second kappa shape index (κ2) is 6.11. The molecular formula is C13H19N3O3S. The molecule has 110 valence electrons. The minimum absolute atomic E-state index is 0.335. The molecule has 0 aromatic heterocycles. The summed E-state index contributed by atoms with van der Waals surface area (Å²) in [7, 11) is -1.75. The van der Waals surface area contributed by atoms with Crippen LogP contribution in [0.4, 0.5) is 5.69 Å². The summed E-state index contributed by atoms with van der Waals surface area (Å²) < 4.78 is 30.2. The van der Waals surface area contributed by atoms with Gasteiger partial charge in [-0.3, -0.25) is 0 Å². The number of nitrogens with one attached hydrogen (secondary N) is 2. The Labute approximate surface area is 119 Å². The van der Waals surface area contributed by atoms with Crippen molar-refractivity contribution < 1.29 is 13.2 Å². The fourth-order valence-electron chi connectivity index (χ4n) is 1.75. The van der Waals surface area contributed by atoms with Crippen molar-refractivity contribution >= 4 is 15.7 Å². The summed E-state index contributed by atoms with van der Waals surface area (Å²) in [5.41, 5.74) is 0.403. The number of rotatable bonds is 6. The molecule has 0 amide bonds. The van der Waals surface area contributed by atoms with Crippen LogP contribution in [0.2, 0.25) is 0 Å². The summed E-state index contributed by atoms with van der Waals surface area (Å²) in [4.78, 5) is 0. The number of ether oxygens (including phenoxy) is 1. The first kappa shape index (κ1) is 16.3. The summed E-state index contributed by atoms with van der Waals surface area (Å²) in [6.07, 6.45) is 1.11. The highest BCUT2D eigenvalue weighted by Gasteiger charge is 2.22. The van der Waals surface area contributed by atoms with E-state index >= 15 is 0 Å². The molecule has 0 aliphatic heterocycles. The van der Waals surface area contributed by atoms with Crippen LogP contribution in [-0.4, -0.2) is 33.9 Å². The molecule has 0 atom stereocenters. The zero-order valence-electron chi connectivity index (χ0n) is 12.0. The molecule has 20 heavy (non-hydrogen) atoms. The monoisotopic (exact) mass is 297 g/mol. The molecule has 2 N–H and O–H groups in total.